The van der Waals surface area contributed by atoms with E-state index < -0.39 is 5.60 Å². The van der Waals surface area contributed by atoms with Crippen LogP contribution in [0.15, 0.2) is 34.7 Å². The first-order valence-corrected chi connectivity index (χ1v) is 8.67. The molecule has 0 radical (unpaired) electrons. The van der Waals surface area contributed by atoms with Crippen molar-refractivity contribution in [2.45, 2.75) is 32.4 Å². The maximum Gasteiger partial charge on any atom is 0.251 e. The Bertz CT molecular complexity index is 909. The Kier molecular flexibility index (Phi) is 4.34. The third-order valence-corrected chi connectivity index (χ3v) is 4.80. The summed E-state index contributed by atoms with van der Waals surface area (Å²) < 4.78 is 19.0. The Hall–Kier alpha value is -2.51. The summed E-state index contributed by atoms with van der Waals surface area (Å²) in [5, 5.41) is 12.9. The minimum atomic E-state index is -0.632. The van der Waals surface area contributed by atoms with Crippen molar-refractivity contribution < 1.29 is 13.9 Å². The van der Waals surface area contributed by atoms with Crippen LogP contribution in [-0.4, -0.2) is 40.3 Å². The molecule has 7 heteroatoms. The number of benzene rings is 1. The van der Waals surface area contributed by atoms with Crippen LogP contribution in [0.3, 0.4) is 0 Å². The molecule has 1 aromatic carbocycles. The molecule has 1 fully saturated rings. The van der Waals surface area contributed by atoms with Crippen LogP contribution in [0.5, 0.6) is 0 Å². The summed E-state index contributed by atoms with van der Waals surface area (Å²) >= 11 is 0. The molecule has 0 amide bonds. The first-order valence-electron chi connectivity index (χ1n) is 8.67. The quantitative estimate of drug-likeness (QED) is 0.701. The van der Waals surface area contributed by atoms with Gasteiger partial charge in [0.05, 0.1) is 25.5 Å². The van der Waals surface area contributed by atoms with Gasteiger partial charge >= 0.3 is 0 Å². The highest BCUT2D eigenvalue weighted by molar-refractivity contribution is 5.54. The highest BCUT2D eigenvalue weighted by Gasteiger charge is 2.42. The highest BCUT2D eigenvalue weighted by Crippen LogP contribution is 2.34. The number of hydrogen-bond donors (Lipinski definition) is 0. The van der Waals surface area contributed by atoms with Gasteiger partial charge in [0, 0.05) is 24.8 Å². The van der Waals surface area contributed by atoms with E-state index in [4.69, 9.17) is 13.9 Å². The van der Waals surface area contributed by atoms with E-state index in [1.807, 2.05) is 23.7 Å². The van der Waals surface area contributed by atoms with Gasteiger partial charge in [-0.1, -0.05) is 12.1 Å². The van der Waals surface area contributed by atoms with Gasteiger partial charge in [-0.3, -0.25) is 4.68 Å². The molecule has 26 heavy (non-hydrogen) atoms. The zero-order chi connectivity index (χ0) is 18.1. The fraction of sp³-hybridized carbons (Fsp3) is 0.421. The number of methoxy groups -OCH3 is 1. The molecule has 0 N–H and O–H groups in total. The lowest BCUT2D eigenvalue weighted by atomic mass is 10.0. The van der Waals surface area contributed by atoms with E-state index in [1.54, 1.807) is 7.11 Å². The average molecular weight is 354 g/mol. The van der Waals surface area contributed by atoms with E-state index in [-0.39, 0.29) is 0 Å². The van der Waals surface area contributed by atoms with E-state index in [0.717, 1.165) is 22.5 Å². The summed E-state index contributed by atoms with van der Waals surface area (Å²) in [6.07, 6.45) is 0.711. The van der Waals surface area contributed by atoms with E-state index in [9.17, 15) is 0 Å². The summed E-state index contributed by atoms with van der Waals surface area (Å²) in [6, 6.07) is 10.1. The number of rotatable bonds is 5. The SMILES string of the molecule is COC1(c2nnc(-c3cccc(Cn4nc(C)cc4C)c3)o2)CCOC1. The van der Waals surface area contributed by atoms with Crippen molar-refractivity contribution in [3.05, 3.63) is 53.2 Å². The standard InChI is InChI=1S/C19H22N4O3/c1-13-9-14(2)23(22-13)11-15-5-4-6-16(10-15)17-20-21-18(26-17)19(24-3)7-8-25-12-19/h4-6,9-10H,7-8,11-12H2,1-3H3. The number of nitrogens with zero attached hydrogens (tertiary/aromatic N) is 4. The second kappa shape index (κ2) is 6.66. The normalized spacial score (nSPS) is 20.0. The molecule has 7 nitrogen and oxygen atoms in total. The van der Waals surface area contributed by atoms with E-state index in [2.05, 4.69) is 40.4 Å². The lowest BCUT2D eigenvalue weighted by Gasteiger charge is -2.20. The van der Waals surface area contributed by atoms with Crippen LogP contribution in [0.1, 0.15) is 29.3 Å². The second-order valence-corrected chi connectivity index (χ2v) is 6.70. The molecular weight excluding hydrogens is 332 g/mol. The Morgan fingerprint density at radius 3 is 2.81 bits per heavy atom. The molecule has 1 saturated heterocycles. The van der Waals surface area contributed by atoms with Gasteiger partial charge in [-0.2, -0.15) is 5.10 Å². The predicted molar refractivity (Wildman–Crippen MR) is 94.7 cm³/mol. The molecule has 0 spiro atoms. The van der Waals surface area contributed by atoms with E-state index in [0.29, 0.717) is 38.0 Å². The molecule has 1 atom stereocenters. The van der Waals surface area contributed by atoms with Crippen molar-refractivity contribution in [3.63, 3.8) is 0 Å². The molecule has 4 rings (SSSR count). The zero-order valence-electron chi connectivity index (χ0n) is 15.2. The summed E-state index contributed by atoms with van der Waals surface area (Å²) in [6.45, 7) is 5.82. The fourth-order valence-corrected chi connectivity index (χ4v) is 3.30. The van der Waals surface area contributed by atoms with Crippen LogP contribution < -0.4 is 0 Å². The molecule has 1 aliphatic heterocycles. The van der Waals surface area contributed by atoms with E-state index in [1.165, 1.54) is 0 Å². The number of ether oxygens (including phenoxy) is 2. The van der Waals surface area contributed by atoms with Gasteiger partial charge in [-0.05, 0) is 37.6 Å². The van der Waals surface area contributed by atoms with Gasteiger partial charge in [0.2, 0.25) is 5.89 Å². The molecule has 136 valence electrons. The maximum absolute atomic E-state index is 5.93. The third kappa shape index (κ3) is 3.04. The van der Waals surface area contributed by atoms with Gasteiger partial charge in [-0.15, -0.1) is 10.2 Å². The van der Waals surface area contributed by atoms with Crippen LogP contribution in [-0.2, 0) is 21.6 Å². The Balaban J connectivity index is 1.60. The molecule has 0 aliphatic carbocycles. The molecule has 2 aromatic heterocycles. The fourth-order valence-electron chi connectivity index (χ4n) is 3.30. The van der Waals surface area contributed by atoms with Gasteiger partial charge < -0.3 is 13.9 Å². The van der Waals surface area contributed by atoms with Crippen molar-refractivity contribution >= 4 is 0 Å². The topological polar surface area (TPSA) is 75.2 Å². The van der Waals surface area contributed by atoms with Crippen LogP contribution in [0.4, 0.5) is 0 Å². The molecule has 1 aliphatic rings. The Labute approximate surface area is 151 Å². The largest absolute Gasteiger partial charge is 0.417 e. The monoisotopic (exact) mass is 354 g/mol. The van der Waals surface area contributed by atoms with Crippen molar-refractivity contribution in [1.82, 2.24) is 20.0 Å². The van der Waals surface area contributed by atoms with Crippen molar-refractivity contribution in [2.24, 2.45) is 0 Å². The number of aryl methyl sites for hydroxylation is 2. The predicted octanol–water partition coefficient (Wildman–Crippen LogP) is 2.86. The summed E-state index contributed by atoms with van der Waals surface area (Å²) in [7, 11) is 1.65. The lowest BCUT2D eigenvalue weighted by Crippen LogP contribution is -2.29. The smallest absolute Gasteiger partial charge is 0.251 e. The summed E-state index contributed by atoms with van der Waals surface area (Å²) in [5.74, 6) is 0.954. The zero-order valence-corrected chi connectivity index (χ0v) is 15.2. The van der Waals surface area contributed by atoms with Crippen molar-refractivity contribution in [3.8, 4) is 11.5 Å². The Morgan fingerprint density at radius 1 is 1.23 bits per heavy atom. The average Bonchev–Trinajstić information content (AvgIpc) is 3.36. The van der Waals surface area contributed by atoms with Gasteiger partial charge in [-0.25, -0.2) is 0 Å². The minimum absolute atomic E-state index is 0.434. The van der Waals surface area contributed by atoms with Crippen LogP contribution in [0.2, 0.25) is 0 Å². The Morgan fingerprint density at radius 2 is 2.12 bits per heavy atom. The van der Waals surface area contributed by atoms with Gasteiger partial charge in [0.25, 0.3) is 5.89 Å². The molecule has 3 heterocycles. The van der Waals surface area contributed by atoms with Crippen LogP contribution in [0, 0.1) is 13.8 Å². The summed E-state index contributed by atoms with van der Waals surface area (Å²) in [4.78, 5) is 0. The number of aromatic nitrogens is 4. The maximum atomic E-state index is 5.93. The minimum Gasteiger partial charge on any atom is -0.417 e. The van der Waals surface area contributed by atoms with Gasteiger partial charge in [0.1, 0.15) is 0 Å². The number of hydrogen-bond acceptors (Lipinski definition) is 6. The second-order valence-electron chi connectivity index (χ2n) is 6.70. The first-order chi connectivity index (χ1) is 12.6. The molecule has 3 aromatic rings. The van der Waals surface area contributed by atoms with Crippen molar-refractivity contribution in [1.29, 1.82) is 0 Å². The highest BCUT2D eigenvalue weighted by atomic mass is 16.6. The first kappa shape index (κ1) is 16.9. The van der Waals surface area contributed by atoms with Crippen LogP contribution in [0.25, 0.3) is 11.5 Å². The lowest BCUT2D eigenvalue weighted by molar-refractivity contribution is -0.0407. The van der Waals surface area contributed by atoms with Gasteiger partial charge in [0.15, 0.2) is 5.60 Å². The van der Waals surface area contributed by atoms with E-state index >= 15 is 0 Å². The molecule has 0 bridgehead atoms. The summed E-state index contributed by atoms with van der Waals surface area (Å²) in [5.41, 5.74) is 3.53. The molecule has 1 unspecified atom stereocenters. The third-order valence-electron chi connectivity index (χ3n) is 4.80. The molecule has 0 saturated carbocycles. The van der Waals surface area contributed by atoms with Crippen molar-refractivity contribution in [2.75, 3.05) is 20.3 Å². The molecular formula is C19H22N4O3. The van der Waals surface area contributed by atoms with Crippen LogP contribution >= 0.6 is 0 Å².